The fraction of sp³-hybridized carbons (Fsp3) is 0.467. The van der Waals surface area contributed by atoms with Crippen molar-refractivity contribution in [2.45, 2.75) is 44.3 Å². The highest BCUT2D eigenvalue weighted by molar-refractivity contribution is 9.10. The highest BCUT2D eigenvalue weighted by Crippen LogP contribution is 2.28. The maximum atomic E-state index is 11.8. The molecule has 6 heteroatoms. The lowest BCUT2D eigenvalue weighted by molar-refractivity contribution is -0.159. The molecule has 0 aromatic heterocycles. The first kappa shape index (κ1) is 16.4. The van der Waals surface area contributed by atoms with Crippen LogP contribution in [0.3, 0.4) is 0 Å². The molecule has 114 valence electrons. The van der Waals surface area contributed by atoms with E-state index in [1.807, 2.05) is 26.0 Å². The molecular formula is C15H17BrO4S. The largest absolute Gasteiger partial charge is 0.460 e. The minimum absolute atomic E-state index is 0.181. The van der Waals surface area contributed by atoms with E-state index in [0.717, 1.165) is 20.5 Å². The van der Waals surface area contributed by atoms with Gasteiger partial charge in [0.1, 0.15) is 6.10 Å². The van der Waals surface area contributed by atoms with Gasteiger partial charge in [0.2, 0.25) is 6.10 Å². The first-order valence-corrected chi connectivity index (χ1v) is 8.44. The van der Waals surface area contributed by atoms with Gasteiger partial charge in [-0.3, -0.25) is 4.79 Å². The van der Waals surface area contributed by atoms with Crippen molar-refractivity contribution in [3.8, 4) is 0 Å². The van der Waals surface area contributed by atoms with Crippen LogP contribution in [0.15, 0.2) is 21.5 Å². The third-order valence-corrected chi connectivity index (χ3v) is 5.19. The lowest BCUT2D eigenvalue weighted by atomic mass is 10.2. The van der Waals surface area contributed by atoms with Crippen molar-refractivity contribution in [3.05, 3.63) is 27.7 Å². The summed E-state index contributed by atoms with van der Waals surface area (Å²) in [5.74, 6) is -0.660. The van der Waals surface area contributed by atoms with Crippen LogP contribution in [0.5, 0.6) is 0 Å². The number of rotatable bonds is 4. The molecule has 1 heterocycles. The third-order valence-electron chi connectivity index (χ3n) is 3.20. The van der Waals surface area contributed by atoms with Gasteiger partial charge in [0.05, 0.1) is 5.75 Å². The molecule has 0 N–H and O–H groups in total. The first-order valence-electron chi connectivity index (χ1n) is 6.66. The Labute approximate surface area is 136 Å². The molecule has 1 aromatic carbocycles. The fourth-order valence-corrected chi connectivity index (χ4v) is 3.40. The van der Waals surface area contributed by atoms with Crippen LogP contribution in [0.4, 0.5) is 0 Å². The molecule has 2 unspecified atom stereocenters. The molecule has 1 fully saturated rings. The predicted molar refractivity (Wildman–Crippen MR) is 84.4 cm³/mol. The minimum Gasteiger partial charge on any atom is -0.460 e. The van der Waals surface area contributed by atoms with Crippen LogP contribution in [0, 0.1) is 13.8 Å². The Morgan fingerprint density at radius 2 is 2.14 bits per heavy atom. The molecule has 0 radical (unpaired) electrons. The molecule has 1 aliphatic rings. The van der Waals surface area contributed by atoms with Crippen molar-refractivity contribution in [2.24, 2.45) is 0 Å². The summed E-state index contributed by atoms with van der Waals surface area (Å²) in [5.41, 5.74) is 2.21. The molecule has 2 rings (SSSR count). The zero-order valence-electron chi connectivity index (χ0n) is 12.1. The number of carbonyl (C=O) groups is 2. The maximum absolute atomic E-state index is 11.8. The van der Waals surface area contributed by atoms with Gasteiger partial charge < -0.3 is 9.47 Å². The smallest absolute Gasteiger partial charge is 0.347 e. The van der Waals surface area contributed by atoms with E-state index in [9.17, 15) is 9.59 Å². The maximum Gasteiger partial charge on any atom is 0.347 e. The molecule has 1 aromatic rings. The van der Waals surface area contributed by atoms with E-state index >= 15 is 0 Å². The summed E-state index contributed by atoms with van der Waals surface area (Å²) in [6.07, 6.45) is -0.494. The summed E-state index contributed by atoms with van der Waals surface area (Å²) in [4.78, 5) is 24.3. The Morgan fingerprint density at radius 1 is 1.43 bits per heavy atom. The molecule has 2 atom stereocenters. The summed E-state index contributed by atoms with van der Waals surface area (Å²) >= 11 is 4.89. The highest BCUT2D eigenvalue weighted by atomic mass is 79.9. The average Bonchev–Trinajstić information content (AvgIpc) is 2.70. The van der Waals surface area contributed by atoms with Gasteiger partial charge in [0, 0.05) is 15.8 Å². The summed E-state index contributed by atoms with van der Waals surface area (Å²) in [7, 11) is 0. The topological polar surface area (TPSA) is 52.6 Å². The fourth-order valence-electron chi connectivity index (χ4n) is 2.06. The number of ether oxygens (including phenoxy) is 2. The normalized spacial score (nSPS) is 21.2. The molecule has 0 saturated carbocycles. The molecule has 0 amide bonds. The monoisotopic (exact) mass is 372 g/mol. The Bertz CT molecular complexity index is 573. The minimum atomic E-state index is -0.749. The standard InChI is InChI=1S/C15H17BrO4S/c1-8-5-13(9(2)4-11(8)16)21-7-14(17)20-12-6-10(3)19-15(12)18/h4-5,10,12H,6-7H2,1-3H3. The second-order valence-corrected chi connectivity index (χ2v) is 6.99. The van der Waals surface area contributed by atoms with E-state index in [-0.39, 0.29) is 11.9 Å². The molecule has 0 spiro atoms. The molecule has 0 bridgehead atoms. The molecule has 1 saturated heterocycles. The summed E-state index contributed by atoms with van der Waals surface area (Å²) in [6.45, 7) is 5.78. The summed E-state index contributed by atoms with van der Waals surface area (Å²) in [6, 6.07) is 4.06. The van der Waals surface area contributed by atoms with E-state index in [1.54, 1.807) is 6.92 Å². The van der Waals surface area contributed by atoms with Gasteiger partial charge in [0.25, 0.3) is 0 Å². The van der Waals surface area contributed by atoms with Crippen molar-refractivity contribution < 1.29 is 19.1 Å². The Balaban J connectivity index is 1.90. The lowest BCUT2D eigenvalue weighted by Gasteiger charge is -2.10. The number of hydrogen-bond acceptors (Lipinski definition) is 5. The van der Waals surface area contributed by atoms with Crippen LogP contribution in [0.1, 0.15) is 24.5 Å². The number of benzene rings is 1. The highest BCUT2D eigenvalue weighted by Gasteiger charge is 2.34. The predicted octanol–water partition coefficient (Wildman–Crippen LogP) is 3.41. The van der Waals surface area contributed by atoms with Gasteiger partial charge >= 0.3 is 11.9 Å². The van der Waals surface area contributed by atoms with Crippen molar-refractivity contribution in [2.75, 3.05) is 5.75 Å². The van der Waals surface area contributed by atoms with Crippen molar-refractivity contribution in [3.63, 3.8) is 0 Å². The Kier molecular flexibility index (Phi) is 5.32. The Morgan fingerprint density at radius 3 is 2.76 bits per heavy atom. The number of cyclic esters (lactones) is 1. The van der Waals surface area contributed by atoms with Crippen LogP contribution in [-0.2, 0) is 19.1 Å². The second-order valence-electron chi connectivity index (χ2n) is 5.12. The van der Waals surface area contributed by atoms with E-state index < -0.39 is 18.0 Å². The molecular weight excluding hydrogens is 356 g/mol. The number of halogens is 1. The van der Waals surface area contributed by atoms with Crippen molar-refractivity contribution >= 4 is 39.6 Å². The van der Waals surface area contributed by atoms with Crippen LogP contribution in [0.2, 0.25) is 0 Å². The quantitative estimate of drug-likeness (QED) is 0.598. The number of aryl methyl sites for hydroxylation is 2. The third kappa shape index (κ3) is 4.23. The van der Waals surface area contributed by atoms with Crippen LogP contribution < -0.4 is 0 Å². The number of carbonyl (C=O) groups excluding carboxylic acids is 2. The van der Waals surface area contributed by atoms with Crippen molar-refractivity contribution in [1.29, 1.82) is 0 Å². The van der Waals surface area contributed by atoms with E-state index in [4.69, 9.17) is 9.47 Å². The van der Waals surface area contributed by atoms with Gasteiger partial charge in [-0.2, -0.15) is 0 Å². The molecule has 1 aliphatic heterocycles. The van der Waals surface area contributed by atoms with E-state index in [0.29, 0.717) is 6.42 Å². The van der Waals surface area contributed by atoms with E-state index in [1.165, 1.54) is 11.8 Å². The van der Waals surface area contributed by atoms with Gasteiger partial charge in [-0.15, -0.1) is 11.8 Å². The van der Waals surface area contributed by atoms with Crippen LogP contribution >= 0.6 is 27.7 Å². The zero-order chi connectivity index (χ0) is 15.6. The summed E-state index contributed by atoms with van der Waals surface area (Å²) in [5, 5.41) is 0. The van der Waals surface area contributed by atoms with Crippen LogP contribution in [-0.4, -0.2) is 29.9 Å². The summed E-state index contributed by atoms with van der Waals surface area (Å²) < 4.78 is 11.2. The number of esters is 2. The molecule has 0 aliphatic carbocycles. The lowest BCUT2D eigenvalue weighted by Crippen LogP contribution is -2.23. The van der Waals surface area contributed by atoms with E-state index in [2.05, 4.69) is 15.9 Å². The van der Waals surface area contributed by atoms with Gasteiger partial charge in [-0.1, -0.05) is 15.9 Å². The zero-order valence-corrected chi connectivity index (χ0v) is 14.5. The van der Waals surface area contributed by atoms with Gasteiger partial charge in [-0.05, 0) is 44.0 Å². The number of hydrogen-bond donors (Lipinski definition) is 0. The Hall–Kier alpha value is -1.01. The van der Waals surface area contributed by atoms with Crippen molar-refractivity contribution in [1.82, 2.24) is 0 Å². The van der Waals surface area contributed by atoms with Gasteiger partial charge in [-0.25, -0.2) is 4.79 Å². The number of thioether (sulfide) groups is 1. The molecule has 4 nitrogen and oxygen atoms in total. The average molecular weight is 373 g/mol. The van der Waals surface area contributed by atoms with Gasteiger partial charge in [0.15, 0.2) is 0 Å². The first-order chi connectivity index (χ1) is 9.86. The second kappa shape index (κ2) is 6.83. The SMILES string of the molecule is Cc1cc(SCC(=O)OC2CC(C)OC2=O)c(C)cc1Br. The van der Waals surface area contributed by atoms with Crippen LogP contribution in [0.25, 0.3) is 0 Å². The molecule has 21 heavy (non-hydrogen) atoms.